The molecule has 0 saturated carbocycles. The first-order valence-electron chi connectivity index (χ1n) is 9.80. The number of likely N-dealkylation sites (N-methyl/N-ethyl adjacent to an activating group) is 1. The van der Waals surface area contributed by atoms with Crippen molar-refractivity contribution < 1.29 is 19.1 Å². The minimum atomic E-state index is -0.487. The second-order valence-electron chi connectivity index (χ2n) is 7.62. The van der Waals surface area contributed by atoms with Crippen LogP contribution in [0.4, 0.5) is 0 Å². The van der Waals surface area contributed by atoms with Crippen molar-refractivity contribution in [3.8, 4) is 0 Å². The van der Waals surface area contributed by atoms with Crippen LogP contribution < -0.4 is 5.32 Å². The topological polar surface area (TPSA) is 91.8 Å². The Balaban J connectivity index is 1.57. The van der Waals surface area contributed by atoms with E-state index in [1.54, 1.807) is 0 Å². The van der Waals surface area contributed by atoms with Gasteiger partial charge in [0.05, 0.1) is 18.6 Å². The molecule has 3 rings (SSSR count). The summed E-state index contributed by atoms with van der Waals surface area (Å²) < 4.78 is 4.63. The molecule has 8 nitrogen and oxygen atoms in total. The molecular formula is C20H28N4O4. The van der Waals surface area contributed by atoms with Crippen LogP contribution in [-0.4, -0.2) is 78.9 Å². The van der Waals surface area contributed by atoms with E-state index in [0.29, 0.717) is 18.7 Å². The fraction of sp³-hybridized carbons (Fsp3) is 0.600. The van der Waals surface area contributed by atoms with E-state index in [9.17, 15) is 14.4 Å². The van der Waals surface area contributed by atoms with Gasteiger partial charge in [-0.1, -0.05) is 0 Å². The van der Waals surface area contributed by atoms with E-state index >= 15 is 0 Å². The van der Waals surface area contributed by atoms with Gasteiger partial charge in [0.15, 0.2) is 0 Å². The monoisotopic (exact) mass is 388 g/mol. The summed E-state index contributed by atoms with van der Waals surface area (Å²) in [5.74, 6) is -0.531. The zero-order chi connectivity index (χ0) is 20.1. The Labute approximate surface area is 165 Å². The van der Waals surface area contributed by atoms with Crippen LogP contribution in [0.3, 0.4) is 0 Å². The zero-order valence-corrected chi connectivity index (χ0v) is 16.5. The minimum absolute atomic E-state index is 0.0116. The number of pyridine rings is 1. The summed E-state index contributed by atoms with van der Waals surface area (Å²) in [6.07, 6.45) is 5.04. The third-order valence-electron chi connectivity index (χ3n) is 5.45. The van der Waals surface area contributed by atoms with Crippen LogP contribution in [0.15, 0.2) is 18.3 Å². The maximum absolute atomic E-state index is 12.7. The fourth-order valence-corrected chi connectivity index (χ4v) is 3.95. The highest BCUT2D eigenvalue weighted by Crippen LogP contribution is 2.21. The SMILES string of the molecule is COC(=O)c1ccc(C(=O)N[C@H]2CC[C@@H](C(=O)N3CCCC3)CN(C)C2)nc1. The lowest BCUT2D eigenvalue weighted by Crippen LogP contribution is -2.42. The van der Waals surface area contributed by atoms with Gasteiger partial charge in [-0.15, -0.1) is 0 Å². The second kappa shape index (κ2) is 9.14. The Morgan fingerprint density at radius 1 is 1.14 bits per heavy atom. The molecule has 0 spiro atoms. The van der Waals surface area contributed by atoms with Gasteiger partial charge in [0.1, 0.15) is 5.69 Å². The molecule has 28 heavy (non-hydrogen) atoms. The lowest BCUT2D eigenvalue weighted by atomic mass is 10.0. The van der Waals surface area contributed by atoms with Crippen LogP contribution in [0.1, 0.15) is 46.5 Å². The summed E-state index contributed by atoms with van der Waals surface area (Å²) in [5, 5.41) is 3.01. The zero-order valence-electron chi connectivity index (χ0n) is 16.5. The standard InChI is InChI=1S/C20H28N4O4/c1-23-12-15(19(26)24-9-3-4-10-24)5-7-16(13-23)22-18(25)17-8-6-14(11-21-17)20(27)28-2/h6,8,11,15-16H,3-5,7,9-10,12-13H2,1-2H3,(H,22,25)/t15-,16+/m1/s1. The summed E-state index contributed by atoms with van der Waals surface area (Å²) in [6, 6.07) is 3.00. The summed E-state index contributed by atoms with van der Waals surface area (Å²) in [4.78, 5) is 44.9. The molecule has 1 aromatic heterocycles. The van der Waals surface area contributed by atoms with E-state index in [4.69, 9.17) is 0 Å². The average Bonchev–Trinajstić information content (AvgIpc) is 3.18. The molecule has 152 valence electrons. The van der Waals surface area contributed by atoms with Crippen LogP contribution >= 0.6 is 0 Å². The maximum atomic E-state index is 12.7. The van der Waals surface area contributed by atoms with Crippen molar-refractivity contribution in [3.63, 3.8) is 0 Å². The van der Waals surface area contributed by atoms with Gasteiger partial charge >= 0.3 is 5.97 Å². The number of rotatable bonds is 4. The number of likely N-dealkylation sites (tertiary alicyclic amines) is 2. The third-order valence-corrected chi connectivity index (χ3v) is 5.45. The van der Waals surface area contributed by atoms with Crippen molar-refractivity contribution in [2.24, 2.45) is 5.92 Å². The van der Waals surface area contributed by atoms with Crippen molar-refractivity contribution in [3.05, 3.63) is 29.6 Å². The van der Waals surface area contributed by atoms with E-state index in [2.05, 4.69) is 19.9 Å². The number of hydrogen-bond acceptors (Lipinski definition) is 6. The molecule has 2 saturated heterocycles. The molecule has 0 radical (unpaired) electrons. The highest BCUT2D eigenvalue weighted by Gasteiger charge is 2.31. The average molecular weight is 388 g/mol. The van der Waals surface area contributed by atoms with Crippen LogP contribution in [0.5, 0.6) is 0 Å². The number of esters is 1. The highest BCUT2D eigenvalue weighted by molar-refractivity contribution is 5.94. The van der Waals surface area contributed by atoms with Gasteiger partial charge < -0.3 is 19.9 Å². The summed E-state index contributed by atoms with van der Waals surface area (Å²) >= 11 is 0. The number of carbonyl (C=O) groups excluding carboxylic acids is 3. The normalized spacial score (nSPS) is 23.1. The van der Waals surface area contributed by atoms with Crippen molar-refractivity contribution in [2.45, 2.75) is 31.7 Å². The molecule has 1 aromatic rings. The number of carbonyl (C=O) groups is 3. The molecule has 2 fully saturated rings. The number of nitrogens with one attached hydrogen (secondary N) is 1. The molecule has 2 aliphatic rings. The van der Waals surface area contributed by atoms with Crippen molar-refractivity contribution in [2.75, 3.05) is 40.3 Å². The minimum Gasteiger partial charge on any atom is -0.465 e. The van der Waals surface area contributed by atoms with E-state index < -0.39 is 5.97 Å². The Morgan fingerprint density at radius 2 is 1.89 bits per heavy atom. The van der Waals surface area contributed by atoms with Gasteiger partial charge in [0.25, 0.3) is 5.91 Å². The summed E-state index contributed by atoms with van der Waals surface area (Å²) in [6.45, 7) is 3.14. The predicted octanol–water partition coefficient (Wildman–Crippen LogP) is 0.931. The maximum Gasteiger partial charge on any atom is 0.339 e. The fourth-order valence-electron chi connectivity index (χ4n) is 3.95. The van der Waals surface area contributed by atoms with Crippen molar-refractivity contribution >= 4 is 17.8 Å². The van der Waals surface area contributed by atoms with E-state index in [0.717, 1.165) is 38.8 Å². The van der Waals surface area contributed by atoms with Gasteiger partial charge in [0.2, 0.25) is 5.91 Å². The molecule has 0 bridgehead atoms. The number of ether oxygens (including phenoxy) is 1. The molecule has 0 aliphatic carbocycles. The largest absolute Gasteiger partial charge is 0.465 e. The molecule has 1 N–H and O–H groups in total. The molecule has 2 aliphatic heterocycles. The van der Waals surface area contributed by atoms with Gasteiger partial charge in [-0.05, 0) is 44.9 Å². The molecule has 2 amide bonds. The number of amides is 2. The first kappa shape index (κ1) is 20.3. The Bertz CT molecular complexity index is 715. The van der Waals surface area contributed by atoms with Crippen molar-refractivity contribution in [1.82, 2.24) is 20.1 Å². The smallest absolute Gasteiger partial charge is 0.339 e. The second-order valence-corrected chi connectivity index (χ2v) is 7.62. The summed E-state index contributed by atoms with van der Waals surface area (Å²) in [7, 11) is 3.28. The lowest BCUT2D eigenvalue weighted by Gasteiger charge is -2.24. The lowest BCUT2D eigenvalue weighted by molar-refractivity contribution is -0.135. The first-order chi connectivity index (χ1) is 13.5. The van der Waals surface area contributed by atoms with Crippen molar-refractivity contribution in [1.29, 1.82) is 0 Å². The van der Waals surface area contributed by atoms with E-state index in [1.165, 1.54) is 25.4 Å². The summed E-state index contributed by atoms with van der Waals surface area (Å²) in [5.41, 5.74) is 0.556. The Morgan fingerprint density at radius 3 is 2.54 bits per heavy atom. The van der Waals surface area contributed by atoms with E-state index in [-0.39, 0.29) is 29.5 Å². The Hall–Kier alpha value is -2.48. The van der Waals surface area contributed by atoms with Crippen LogP contribution in [0.2, 0.25) is 0 Å². The van der Waals surface area contributed by atoms with E-state index in [1.807, 2.05) is 11.9 Å². The number of nitrogens with zero attached hydrogens (tertiary/aromatic N) is 3. The Kier molecular flexibility index (Phi) is 6.61. The molecule has 8 heteroatoms. The van der Waals surface area contributed by atoms with Gasteiger partial charge in [-0.3, -0.25) is 14.6 Å². The third kappa shape index (κ3) is 4.86. The van der Waals surface area contributed by atoms with Gasteiger partial charge in [-0.2, -0.15) is 0 Å². The van der Waals surface area contributed by atoms with Crippen LogP contribution in [0, 0.1) is 5.92 Å². The predicted molar refractivity (Wildman–Crippen MR) is 103 cm³/mol. The number of hydrogen-bond donors (Lipinski definition) is 1. The number of aromatic nitrogens is 1. The molecule has 0 aromatic carbocycles. The first-order valence-corrected chi connectivity index (χ1v) is 9.80. The van der Waals surface area contributed by atoms with Crippen LogP contribution in [0.25, 0.3) is 0 Å². The molecule has 2 atom stereocenters. The quantitative estimate of drug-likeness (QED) is 0.772. The highest BCUT2D eigenvalue weighted by atomic mass is 16.5. The van der Waals surface area contributed by atoms with Gasteiger partial charge in [0, 0.05) is 38.4 Å². The molecule has 3 heterocycles. The molecular weight excluding hydrogens is 360 g/mol. The molecule has 0 unspecified atom stereocenters. The van der Waals surface area contributed by atoms with Gasteiger partial charge in [-0.25, -0.2) is 4.79 Å². The van der Waals surface area contributed by atoms with Crippen LogP contribution in [-0.2, 0) is 9.53 Å². The number of methoxy groups -OCH3 is 1.